The van der Waals surface area contributed by atoms with Gasteiger partial charge in [-0.3, -0.25) is 9.59 Å². The number of rotatable bonds is 6. The van der Waals surface area contributed by atoms with E-state index in [9.17, 15) is 9.59 Å². The van der Waals surface area contributed by atoms with Gasteiger partial charge in [-0.1, -0.05) is 0 Å². The van der Waals surface area contributed by atoms with Gasteiger partial charge < -0.3 is 24.6 Å². The van der Waals surface area contributed by atoms with Crippen LogP contribution < -0.4 is 19.5 Å². The van der Waals surface area contributed by atoms with Crippen LogP contribution in [0.25, 0.3) is 0 Å². The maximum Gasteiger partial charge on any atom is 0.307 e. The van der Waals surface area contributed by atoms with Gasteiger partial charge in [-0.15, -0.1) is 0 Å². The molecule has 1 heterocycles. The third-order valence-electron chi connectivity index (χ3n) is 3.46. The minimum Gasteiger partial charge on any atom is -0.492 e. The van der Waals surface area contributed by atoms with E-state index in [0.29, 0.717) is 36.8 Å². The van der Waals surface area contributed by atoms with Gasteiger partial charge in [-0.25, -0.2) is 0 Å². The Morgan fingerprint density at radius 1 is 1.29 bits per heavy atom. The zero-order valence-electron chi connectivity index (χ0n) is 11.2. The number of fused-ring (bicyclic) bond motifs is 1. The van der Waals surface area contributed by atoms with E-state index in [-0.39, 0.29) is 12.7 Å². The van der Waals surface area contributed by atoms with Crippen LogP contribution >= 0.6 is 0 Å². The van der Waals surface area contributed by atoms with Crippen molar-refractivity contribution in [2.75, 3.05) is 19.9 Å². The molecule has 1 amide bonds. The summed E-state index contributed by atoms with van der Waals surface area (Å²) < 4.78 is 15.9. The van der Waals surface area contributed by atoms with Crippen LogP contribution in [0, 0.1) is 11.8 Å². The van der Waals surface area contributed by atoms with Crippen molar-refractivity contribution in [2.45, 2.75) is 6.42 Å². The first-order chi connectivity index (χ1) is 10.1. The molecule has 7 heteroatoms. The summed E-state index contributed by atoms with van der Waals surface area (Å²) in [4.78, 5) is 22.3. The summed E-state index contributed by atoms with van der Waals surface area (Å²) in [5.41, 5.74) is 0. The molecule has 0 spiro atoms. The number of aliphatic carboxylic acids is 1. The van der Waals surface area contributed by atoms with Crippen molar-refractivity contribution in [2.24, 2.45) is 11.8 Å². The molecule has 0 saturated heterocycles. The van der Waals surface area contributed by atoms with Crippen LogP contribution in [0.4, 0.5) is 0 Å². The summed E-state index contributed by atoms with van der Waals surface area (Å²) in [6, 6.07) is 5.25. The normalized spacial score (nSPS) is 21.7. The fraction of sp³-hybridized carbons (Fsp3) is 0.429. The number of carbonyl (C=O) groups excluding carboxylic acids is 1. The van der Waals surface area contributed by atoms with Crippen molar-refractivity contribution in [3.63, 3.8) is 0 Å². The fourth-order valence-electron chi connectivity index (χ4n) is 2.20. The van der Waals surface area contributed by atoms with Crippen LogP contribution in [-0.2, 0) is 9.59 Å². The highest BCUT2D eigenvalue weighted by atomic mass is 16.7. The molecule has 1 saturated carbocycles. The molecule has 1 aliphatic heterocycles. The zero-order chi connectivity index (χ0) is 14.8. The van der Waals surface area contributed by atoms with Crippen LogP contribution in [-0.4, -0.2) is 36.9 Å². The SMILES string of the molecule is O=C(NCCOc1ccc2c(c1)OCO2)[C@H]1C[C@H]1C(=O)O. The maximum absolute atomic E-state index is 11.6. The number of carbonyl (C=O) groups is 2. The molecule has 0 bridgehead atoms. The lowest BCUT2D eigenvalue weighted by Crippen LogP contribution is -2.30. The van der Waals surface area contributed by atoms with Gasteiger partial charge in [0.25, 0.3) is 0 Å². The van der Waals surface area contributed by atoms with Crippen molar-refractivity contribution in [3.8, 4) is 17.2 Å². The lowest BCUT2D eigenvalue weighted by molar-refractivity contribution is -0.140. The van der Waals surface area contributed by atoms with Gasteiger partial charge in [0, 0.05) is 6.07 Å². The van der Waals surface area contributed by atoms with Crippen LogP contribution in [0.5, 0.6) is 17.2 Å². The molecule has 21 heavy (non-hydrogen) atoms. The average Bonchev–Trinajstić information content (AvgIpc) is 3.15. The van der Waals surface area contributed by atoms with Crippen molar-refractivity contribution < 1.29 is 28.9 Å². The van der Waals surface area contributed by atoms with Crippen LogP contribution in [0.2, 0.25) is 0 Å². The molecule has 3 rings (SSSR count). The molecule has 0 unspecified atom stereocenters. The lowest BCUT2D eigenvalue weighted by Gasteiger charge is -2.08. The van der Waals surface area contributed by atoms with Crippen molar-refractivity contribution in [1.82, 2.24) is 5.32 Å². The Morgan fingerprint density at radius 3 is 2.86 bits per heavy atom. The Bertz CT molecular complexity index is 573. The van der Waals surface area contributed by atoms with Crippen molar-refractivity contribution in [3.05, 3.63) is 18.2 Å². The highest BCUT2D eigenvalue weighted by molar-refractivity contribution is 5.89. The maximum atomic E-state index is 11.6. The lowest BCUT2D eigenvalue weighted by atomic mass is 10.3. The zero-order valence-corrected chi connectivity index (χ0v) is 11.2. The predicted octanol–water partition coefficient (Wildman–Crippen LogP) is 0.631. The number of hydrogen-bond donors (Lipinski definition) is 2. The Hall–Kier alpha value is -2.44. The first-order valence-corrected chi connectivity index (χ1v) is 6.68. The molecule has 2 N–H and O–H groups in total. The number of benzene rings is 1. The number of carboxylic acids is 1. The van der Waals surface area contributed by atoms with Crippen LogP contribution in [0.3, 0.4) is 0 Å². The molecule has 112 valence electrons. The highest BCUT2D eigenvalue weighted by Gasteiger charge is 2.48. The van der Waals surface area contributed by atoms with Gasteiger partial charge in [-0.05, 0) is 18.6 Å². The van der Waals surface area contributed by atoms with E-state index < -0.39 is 17.8 Å². The van der Waals surface area contributed by atoms with E-state index in [1.165, 1.54) is 0 Å². The molecule has 1 fully saturated rings. The van der Waals surface area contributed by atoms with Gasteiger partial charge in [0.15, 0.2) is 11.5 Å². The smallest absolute Gasteiger partial charge is 0.307 e. The summed E-state index contributed by atoms with van der Waals surface area (Å²) in [7, 11) is 0. The molecule has 1 aliphatic carbocycles. The summed E-state index contributed by atoms with van der Waals surface area (Å²) in [5.74, 6) is -0.109. The monoisotopic (exact) mass is 293 g/mol. The standard InChI is InChI=1S/C14H15NO6/c16-13(9-6-10(9)14(17)18)15-3-4-19-8-1-2-11-12(5-8)21-7-20-11/h1-2,5,9-10H,3-4,6-7H2,(H,15,16)(H,17,18)/t9-,10+/m0/s1. The van der Waals surface area contributed by atoms with E-state index in [1.807, 2.05) is 0 Å². The van der Waals surface area contributed by atoms with E-state index in [1.54, 1.807) is 18.2 Å². The van der Waals surface area contributed by atoms with E-state index >= 15 is 0 Å². The molecule has 0 radical (unpaired) electrons. The molecule has 7 nitrogen and oxygen atoms in total. The van der Waals surface area contributed by atoms with Crippen molar-refractivity contribution >= 4 is 11.9 Å². The van der Waals surface area contributed by atoms with E-state index in [0.717, 1.165) is 0 Å². The van der Waals surface area contributed by atoms with Gasteiger partial charge in [0.2, 0.25) is 12.7 Å². The number of carboxylic acid groups (broad SMARTS) is 1. The number of hydrogen-bond acceptors (Lipinski definition) is 5. The number of amides is 1. The second kappa shape index (κ2) is 5.51. The quantitative estimate of drug-likeness (QED) is 0.747. The first-order valence-electron chi connectivity index (χ1n) is 6.68. The molecular weight excluding hydrogens is 278 g/mol. The summed E-state index contributed by atoms with van der Waals surface area (Å²) in [6.07, 6.45) is 0.421. The minimum atomic E-state index is -0.910. The molecule has 2 aliphatic rings. The minimum absolute atomic E-state index is 0.209. The van der Waals surface area contributed by atoms with Gasteiger partial charge >= 0.3 is 5.97 Å². The Balaban J connectivity index is 1.39. The first kappa shape index (κ1) is 13.5. The number of ether oxygens (including phenoxy) is 3. The fourth-order valence-corrected chi connectivity index (χ4v) is 2.20. The summed E-state index contributed by atoms with van der Waals surface area (Å²) in [6.45, 7) is 0.840. The van der Waals surface area contributed by atoms with Crippen LogP contribution in [0.15, 0.2) is 18.2 Å². The average molecular weight is 293 g/mol. The second-order valence-corrected chi connectivity index (χ2v) is 4.94. The Kier molecular flexibility index (Phi) is 3.55. The molecule has 2 atom stereocenters. The van der Waals surface area contributed by atoms with Gasteiger partial charge in [0.1, 0.15) is 12.4 Å². The Labute approximate surface area is 120 Å². The summed E-state index contributed by atoms with van der Waals surface area (Å²) in [5, 5.41) is 11.4. The molecular formula is C14H15NO6. The molecule has 1 aromatic rings. The molecule has 0 aromatic heterocycles. The van der Waals surface area contributed by atoms with Crippen molar-refractivity contribution in [1.29, 1.82) is 0 Å². The van der Waals surface area contributed by atoms with E-state index in [4.69, 9.17) is 19.3 Å². The topological polar surface area (TPSA) is 94.1 Å². The summed E-state index contributed by atoms with van der Waals surface area (Å²) >= 11 is 0. The van der Waals surface area contributed by atoms with Crippen LogP contribution in [0.1, 0.15) is 6.42 Å². The number of nitrogens with one attached hydrogen (secondary N) is 1. The van der Waals surface area contributed by atoms with E-state index in [2.05, 4.69) is 5.32 Å². The second-order valence-electron chi connectivity index (χ2n) is 4.94. The predicted molar refractivity (Wildman–Crippen MR) is 70.3 cm³/mol. The largest absolute Gasteiger partial charge is 0.492 e. The third-order valence-corrected chi connectivity index (χ3v) is 3.46. The Morgan fingerprint density at radius 2 is 2.10 bits per heavy atom. The van der Waals surface area contributed by atoms with Gasteiger partial charge in [0.05, 0.1) is 18.4 Å². The third kappa shape index (κ3) is 3.01. The highest BCUT2D eigenvalue weighted by Crippen LogP contribution is 2.38. The molecule has 1 aromatic carbocycles. The van der Waals surface area contributed by atoms with Gasteiger partial charge in [-0.2, -0.15) is 0 Å².